The van der Waals surface area contributed by atoms with Crippen LogP contribution in [-0.4, -0.2) is 29.4 Å². The zero-order valence-corrected chi connectivity index (χ0v) is 8.36. The SMILES string of the molecule is CC1(CO)COc2ccc(C(=O)O)cc21. The van der Waals surface area contributed by atoms with Crippen LogP contribution in [0.2, 0.25) is 0 Å². The molecular weight excluding hydrogens is 196 g/mol. The van der Waals surface area contributed by atoms with Gasteiger partial charge in [0.1, 0.15) is 5.75 Å². The monoisotopic (exact) mass is 208 g/mol. The molecule has 1 atom stereocenters. The van der Waals surface area contributed by atoms with Crippen LogP contribution in [0.1, 0.15) is 22.8 Å². The molecular formula is C11H12O4. The zero-order valence-electron chi connectivity index (χ0n) is 8.36. The van der Waals surface area contributed by atoms with Crippen LogP contribution < -0.4 is 4.74 Å². The first-order valence-electron chi connectivity index (χ1n) is 4.68. The molecule has 1 aromatic carbocycles. The summed E-state index contributed by atoms with van der Waals surface area (Å²) in [6, 6.07) is 4.71. The Morgan fingerprint density at radius 2 is 2.33 bits per heavy atom. The highest BCUT2D eigenvalue weighted by Crippen LogP contribution is 2.38. The molecule has 15 heavy (non-hydrogen) atoms. The Kier molecular flexibility index (Phi) is 2.16. The van der Waals surface area contributed by atoms with Crippen molar-refractivity contribution in [2.45, 2.75) is 12.3 Å². The van der Waals surface area contributed by atoms with Crippen molar-refractivity contribution in [1.29, 1.82) is 0 Å². The Morgan fingerprint density at radius 1 is 1.60 bits per heavy atom. The Morgan fingerprint density at radius 3 is 2.93 bits per heavy atom. The fourth-order valence-corrected chi connectivity index (χ4v) is 1.71. The number of aromatic carboxylic acids is 1. The number of fused-ring (bicyclic) bond motifs is 1. The molecule has 4 heteroatoms. The molecule has 1 aromatic rings. The second-order valence-electron chi connectivity index (χ2n) is 4.02. The highest BCUT2D eigenvalue weighted by atomic mass is 16.5. The Labute approximate surface area is 87.1 Å². The summed E-state index contributed by atoms with van der Waals surface area (Å²) < 4.78 is 5.39. The van der Waals surface area contributed by atoms with Crippen LogP contribution in [0.25, 0.3) is 0 Å². The van der Waals surface area contributed by atoms with Crippen LogP contribution in [0.15, 0.2) is 18.2 Å². The number of benzene rings is 1. The van der Waals surface area contributed by atoms with Gasteiger partial charge in [-0.2, -0.15) is 0 Å². The summed E-state index contributed by atoms with van der Waals surface area (Å²) in [4.78, 5) is 10.8. The van der Waals surface area contributed by atoms with E-state index in [2.05, 4.69) is 0 Å². The van der Waals surface area contributed by atoms with Crippen LogP contribution in [0.3, 0.4) is 0 Å². The summed E-state index contributed by atoms with van der Waals surface area (Å²) in [5.41, 5.74) is 0.504. The van der Waals surface area contributed by atoms with E-state index in [1.165, 1.54) is 6.07 Å². The maximum Gasteiger partial charge on any atom is 0.335 e. The van der Waals surface area contributed by atoms with Gasteiger partial charge in [-0.1, -0.05) is 0 Å². The number of ether oxygens (including phenoxy) is 1. The first-order chi connectivity index (χ1) is 7.07. The van der Waals surface area contributed by atoms with Gasteiger partial charge in [-0.3, -0.25) is 0 Å². The smallest absolute Gasteiger partial charge is 0.335 e. The molecule has 0 radical (unpaired) electrons. The van der Waals surface area contributed by atoms with Crippen molar-refractivity contribution in [2.75, 3.05) is 13.2 Å². The topological polar surface area (TPSA) is 66.8 Å². The number of hydrogen-bond acceptors (Lipinski definition) is 3. The molecule has 4 nitrogen and oxygen atoms in total. The molecule has 0 aromatic heterocycles. The third-order valence-electron chi connectivity index (χ3n) is 2.77. The van der Waals surface area contributed by atoms with Crippen molar-refractivity contribution in [3.05, 3.63) is 29.3 Å². The molecule has 0 saturated carbocycles. The fraction of sp³-hybridized carbons (Fsp3) is 0.364. The van der Waals surface area contributed by atoms with Gasteiger partial charge >= 0.3 is 5.97 Å². The molecule has 2 rings (SSSR count). The summed E-state index contributed by atoms with van der Waals surface area (Å²) in [6.07, 6.45) is 0. The lowest BCUT2D eigenvalue weighted by Gasteiger charge is -2.18. The quantitative estimate of drug-likeness (QED) is 0.761. The predicted octanol–water partition coefficient (Wildman–Crippen LogP) is 1.03. The van der Waals surface area contributed by atoms with Crippen LogP contribution in [-0.2, 0) is 5.41 Å². The molecule has 0 spiro atoms. The van der Waals surface area contributed by atoms with Gasteiger partial charge in [0.15, 0.2) is 0 Å². The lowest BCUT2D eigenvalue weighted by atomic mass is 9.85. The summed E-state index contributed by atoms with van der Waals surface area (Å²) in [5.74, 6) is -0.304. The highest BCUT2D eigenvalue weighted by molar-refractivity contribution is 5.88. The van der Waals surface area contributed by atoms with E-state index >= 15 is 0 Å². The van der Waals surface area contributed by atoms with Gasteiger partial charge in [-0.25, -0.2) is 4.79 Å². The minimum absolute atomic E-state index is 0.0525. The van der Waals surface area contributed by atoms with E-state index in [0.29, 0.717) is 12.4 Å². The summed E-state index contributed by atoms with van der Waals surface area (Å²) >= 11 is 0. The standard InChI is InChI=1S/C11H12O4/c1-11(5-12)6-15-9-3-2-7(10(13)14)4-8(9)11/h2-4,12H,5-6H2,1H3,(H,13,14). The molecule has 0 saturated heterocycles. The van der Waals surface area contributed by atoms with Crippen molar-refractivity contribution in [3.8, 4) is 5.75 Å². The molecule has 2 N–H and O–H groups in total. The molecule has 0 bridgehead atoms. The van der Waals surface area contributed by atoms with E-state index in [1.807, 2.05) is 6.92 Å². The summed E-state index contributed by atoms with van der Waals surface area (Å²) in [7, 11) is 0. The Balaban J connectivity index is 2.51. The predicted molar refractivity (Wildman–Crippen MR) is 53.3 cm³/mol. The van der Waals surface area contributed by atoms with Crippen LogP contribution in [0.4, 0.5) is 0 Å². The highest BCUT2D eigenvalue weighted by Gasteiger charge is 2.36. The van der Waals surface area contributed by atoms with Crippen molar-refractivity contribution < 1.29 is 19.7 Å². The molecule has 1 aliphatic heterocycles. The number of aliphatic hydroxyl groups is 1. The van der Waals surface area contributed by atoms with Crippen LogP contribution in [0.5, 0.6) is 5.75 Å². The van der Waals surface area contributed by atoms with E-state index < -0.39 is 11.4 Å². The third-order valence-corrected chi connectivity index (χ3v) is 2.77. The van der Waals surface area contributed by atoms with Gasteiger partial charge in [0.05, 0.1) is 24.2 Å². The van der Waals surface area contributed by atoms with E-state index in [0.717, 1.165) is 5.56 Å². The van der Waals surface area contributed by atoms with Crippen LogP contribution >= 0.6 is 0 Å². The molecule has 1 unspecified atom stereocenters. The number of aliphatic hydroxyl groups excluding tert-OH is 1. The summed E-state index contributed by atoms with van der Waals surface area (Å²) in [5, 5.41) is 18.1. The maximum absolute atomic E-state index is 10.8. The molecule has 0 fully saturated rings. The lowest BCUT2D eigenvalue weighted by Crippen LogP contribution is -2.28. The van der Waals surface area contributed by atoms with E-state index in [9.17, 15) is 9.90 Å². The van der Waals surface area contributed by atoms with Crippen molar-refractivity contribution in [2.24, 2.45) is 0 Å². The van der Waals surface area contributed by atoms with Gasteiger partial charge in [0.25, 0.3) is 0 Å². The number of carbonyl (C=O) groups is 1. The molecule has 80 valence electrons. The second-order valence-corrected chi connectivity index (χ2v) is 4.02. The number of hydrogen-bond donors (Lipinski definition) is 2. The van der Waals surface area contributed by atoms with Gasteiger partial charge in [-0.15, -0.1) is 0 Å². The van der Waals surface area contributed by atoms with Gasteiger partial charge in [0, 0.05) is 5.56 Å². The number of rotatable bonds is 2. The third kappa shape index (κ3) is 1.47. The molecule has 0 aliphatic carbocycles. The van der Waals surface area contributed by atoms with Crippen molar-refractivity contribution >= 4 is 5.97 Å². The second kappa shape index (κ2) is 3.24. The number of carboxylic acid groups (broad SMARTS) is 1. The van der Waals surface area contributed by atoms with Crippen molar-refractivity contribution in [3.63, 3.8) is 0 Å². The number of carboxylic acids is 1. The normalized spacial score (nSPS) is 23.3. The minimum Gasteiger partial charge on any atom is -0.492 e. The van der Waals surface area contributed by atoms with Gasteiger partial charge in [-0.05, 0) is 25.1 Å². The van der Waals surface area contributed by atoms with Gasteiger partial charge in [0.2, 0.25) is 0 Å². The fourth-order valence-electron chi connectivity index (χ4n) is 1.71. The Bertz CT molecular complexity index is 413. The zero-order chi connectivity index (χ0) is 11.1. The minimum atomic E-state index is -0.968. The largest absolute Gasteiger partial charge is 0.492 e. The van der Waals surface area contributed by atoms with Crippen LogP contribution in [0, 0.1) is 0 Å². The van der Waals surface area contributed by atoms with E-state index in [1.54, 1.807) is 12.1 Å². The van der Waals surface area contributed by atoms with E-state index in [-0.39, 0.29) is 12.2 Å². The molecule has 1 heterocycles. The van der Waals surface area contributed by atoms with E-state index in [4.69, 9.17) is 9.84 Å². The maximum atomic E-state index is 10.8. The molecule has 0 amide bonds. The van der Waals surface area contributed by atoms with Crippen molar-refractivity contribution in [1.82, 2.24) is 0 Å². The average molecular weight is 208 g/mol. The molecule has 1 aliphatic rings. The summed E-state index contributed by atoms with van der Waals surface area (Å²) in [6.45, 7) is 2.19. The van der Waals surface area contributed by atoms with Gasteiger partial charge < -0.3 is 14.9 Å². The first-order valence-corrected chi connectivity index (χ1v) is 4.68. The average Bonchev–Trinajstić information content (AvgIpc) is 2.57. The lowest BCUT2D eigenvalue weighted by molar-refractivity contribution is 0.0696. The first kappa shape index (κ1) is 9.98. The Hall–Kier alpha value is -1.55.